The lowest BCUT2D eigenvalue weighted by atomic mass is 9.98. The molecule has 2 aliphatic heterocycles. The van der Waals surface area contributed by atoms with Gasteiger partial charge in [0.25, 0.3) is 10.1 Å². The summed E-state index contributed by atoms with van der Waals surface area (Å²) in [4.78, 5) is -0.0210. The molecule has 2 saturated heterocycles. The number of aliphatic hydroxyl groups excluding tert-OH is 1. The Kier molecular flexibility index (Phi) is 6.21. The number of aliphatic hydroxyl groups is 1. The standard InChI is InChI=1S/C21H24O8S/c1-13-8-10-15(11-9-13)30(23,24)29-19-17(22)18-16(27-21(19)25-2)12-26-20(28-18)14-6-4-3-5-7-14/h3-11,16-22H,12H2,1-2H3/t16-,17-,18-,19-,20-,21+/m1/s1. The highest BCUT2D eigenvalue weighted by Crippen LogP contribution is 2.36. The first-order valence-corrected chi connectivity index (χ1v) is 11.0. The zero-order chi connectivity index (χ0) is 21.3. The summed E-state index contributed by atoms with van der Waals surface area (Å²) >= 11 is 0. The van der Waals surface area contributed by atoms with Gasteiger partial charge in [0.05, 0.1) is 11.5 Å². The molecule has 2 aromatic rings. The van der Waals surface area contributed by atoms with Crippen molar-refractivity contribution in [1.82, 2.24) is 0 Å². The lowest BCUT2D eigenvalue weighted by Crippen LogP contribution is -2.63. The van der Waals surface area contributed by atoms with Gasteiger partial charge >= 0.3 is 0 Å². The zero-order valence-electron chi connectivity index (χ0n) is 16.6. The number of aryl methyl sites for hydroxylation is 1. The molecular weight excluding hydrogens is 412 g/mol. The highest BCUT2D eigenvalue weighted by atomic mass is 32.2. The van der Waals surface area contributed by atoms with Gasteiger partial charge < -0.3 is 24.1 Å². The first kappa shape index (κ1) is 21.4. The second-order valence-corrected chi connectivity index (χ2v) is 8.85. The number of methoxy groups -OCH3 is 1. The van der Waals surface area contributed by atoms with Crippen molar-refractivity contribution in [2.24, 2.45) is 0 Å². The van der Waals surface area contributed by atoms with E-state index in [9.17, 15) is 13.5 Å². The third-order valence-corrected chi connectivity index (χ3v) is 6.49. The van der Waals surface area contributed by atoms with Crippen LogP contribution in [0.25, 0.3) is 0 Å². The summed E-state index contributed by atoms with van der Waals surface area (Å²) < 4.78 is 53.5. The molecule has 0 radical (unpaired) electrons. The molecule has 0 bridgehead atoms. The van der Waals surface area contributed by atoms with Gasteiger partial charge in [0.15, 0.2) is 18.7 Å². The minimum Gasteiger partial charge on any atom is -0.387 e. The van der Waals surface area contributed by atoms with Crippen molar-refractivity contribution in [3.63, 3.8) is 0 Å². The van der Waals surface area contributed by atoms with Crippen LogP contribution in [0.2, 0.25) is 0 Å². The van der Waals surface area contributed by atoms with Crippen LogP contribution < -0.4 is 0 Å². The lowest BCUT2D eigenvalue weighted by Gasteiger charge is -2.46. The second-order valence-electron chi connectivity index (χ2n) is 7.27. The molecule has 30 heavy (non-hydrogen) atoms. The lowest BCUT2D eigenvalue weighted by molar-refractivity contribution is -0.354. The molecule has 2 fully saturated rings. The fourth-order valence-corrected chi connectivity index (χ4v) is 4.62. The molecule has 0 unspecified atom stereocenters. The molecule has 2 aliphatic rings. The summed E-state index contributed by atoms with van der Waals surface area (Å²) in [6.45, 7) is 2.00. The fraction of sp³-hybridized carbons (Fsp3) is 0.429. The molecule has 4 rings (SSSR count). The summed E-state index contributed by atoms with van der Waals surface area (Å²) in [7, 11) is -2.81. The van der Waals surface area contributed by atoms with E-state index in [1.54, 1.807) is 12.1 Å². The Morgan fingerprint density at radius 2 is 1.73 bits per heavy atom. The van der Waals surface area contributed by atoms with Gasteiger partial charge in [-0.2, -0.15) is 8.42 Å². The molecule has 0 spiro atoms. The van der Waals surface area contributed by atoms with Crippen LogP contribution in [0.5, 0.6) is 0 Å². The van der Waals surface area contributed by atoms with Crippen molar-refractivity contribution in [1.29, 1.82) is 0 Å². The molecule has 2 aromatic carbocycles. The van der Waals surface area contributed by atoms with E-state index in [1.165, 1.54) is 19.2 Å². The Balaban J connectivity index is 1.55. The maximum Gasteiger partial charge on any atom is 0.297 e. The second kappa shape index (κ2) is 8.72. The predicted molar refractivity (Wildman–Crippen MR) is 105 cm³/mol. The van der Waals surface area contributed by atoms with Gasteiger partial charge in [-0.15, -0.1) is 0 Å². The van der Waals surface area contributed by atoms with Crippen LogP contribution in [0.1, 0.15) is 17.4 Å². The molecule has 0 amide bonds. The first-order chi connectivity index (χ1) is 14.4. The third-order valence-electron chi connectivity index (χ3n) is 5.16. The van der Waals surface area contributed by atoms with Crippen molar-refractivity contribution in [2.45, 2.75) is 48.8 Å². The molecule has 6 atom stereocenters. The molecule has 2 heterocycles. The predicted octanol–water partition coefficient (Wildman–Crippen LogP) is 1.92. The van der Waals surface area contributed by atoms with Crippen molar-refractivity contribution in [2.75, 3.05) is 13.7 Å². The van der Waals surface area contributed by atoms with Crippen LogP contribution in [0.15, 0.2) is 59.5 Å². The normalized spacial score (nSPS) is 31.8. The quantitative estimate of drug-likeness (QED) is 0.710. The van der Waals surface area contributed by atoms with Crippen molar-refractivity contribution in [3.05, 3.63) is 65.7 Å². The summed E-state index contributed by atoms with van der Waals surface area (Å²) in [6, 6.07) is 15.5. The van der Waals surface area contributed by atoms with Gasteiger partial charge in [-0.1, -0.05) is 48.0 Å². The largest absolute Gasteiger partial charge is 0.387 e. The summed E-state index contributed by atoms with van der Waals surface area (Å²) in [6.07, 6.45) is -5.93. The maximum absolute atomic E-state index is 12.8. The zero-order valence-corrected chi connectivity index (χ0v) is 17.4. The highest BCUT2D eigenvalue weighted by molar-refractivity contribution is 7.86. The summed E-state index contributed by atoms with van der Waals surface area (Å²) in [5, 5.41) is 11.0. The SMILES string of the molecule is CO[C@H]1O[C@@H]2CO[C@@H](c3ccccc3)O[C@H]2[C@@H](O)[C@H]1OS(=O)(=O)c1ccc(C)cc1. The molecule has 1 N–H and O–H groups in total. The Bertz CT molecular complexity index is 947. The molecular formula is C21H24O8S. The van der Waals surface area contributed by atoms with Gasteiger partial charge in [0.2, 0.25) is 0 Å². The Labute approximate surface area is 175 Å². The number of hydrogen-bond acceptors (Lipinski definition) is 8. The van der Waals surface area contributed by atoms with Gasteiger partial charge in [0, 0.05) is 12.7 Å². The minimum absolute atomic E-state index is 0.0210. The van der Waals surface area contributed by atoms with Gasteiger partial charge in [-0.3, -0.25) is 4.18 Å². The first-order valence-electron chi connectivity index (χ1n) is 9.57. The van der Waals surface area contributed by atoms with E-state index in [2.05, 4.69) is 0 Å². The van der Waals surface area contributed by atoms with Crippen LogP contribution in [0.4, 0.5) is 0 Å². The Morgan fingerprint density at radius 3 is 2.40 bits per heavy atom. The van der Waals surface area contributed by atoms with Crippen LogP contribution in [0.3, 0.4) is 0 Å². The molecule has 0 aliphatic carbocycles. The molecule has 9 heteroatoms. The van der Waals surface area contributed by atoms with Crippen LogP contribution in [-0.2, 0) is 33.2 Å². The monoisotopic (exact) mass is 436 g/mol. The van der Waals surface area contributed by atoms with E-state index < -0.39 is 47.1 Å². The smallest absolute Gasteiger partial charge is 0.297 e. The summed E-state index contributed by atoms with van der Waals surface area (Å²) in [5.41, 5.74) is 1.69. The van der Waals surface area contributed by atoms with E-state index >= 15 is 0 Å². The minimum atomic E-state index is -4.16. The number of fused-ring (bicyclic) bond motifs is 1. The number of ether oxygens (including phenoxy) is 4. The van der Waals surface area contributed by atoms with Gasteiger partial charge in [-0.05, 0) is 19.1 Å². The van der Waals surface area contributed by atoms with E-state index in [4.69, 9.17) is 23.1 Å². The van der Waals surface area contributed by atoms with Crippen LogP contribution in [-0.4, -0.2) is 57.9 Å². The fourth-order valence-electron chi connectivity index (χ4n) is 3.55. The molecule has 8 nitrogen and oxygen atoms in total. The topological polar surface area (TPSA) is 101 Å². The highest BCUT2D eigenvalue weighted by Gasteiger charge is 2.51. The maximum atomic E-state index is 12.8. The van der Waals surface area contributed by atoms with Gasteiger partial charge in [-0.25, -0.2) is 0 Å². The number of rotatable bonds is 5. The van der Waals surface area contributed by atoms with E-state index in [0.717, 1.165) is 11.1 Å². The Hall–Kier alpha value is -1.85. The Morgan fingerprint density at radius 1 is 1.03 bits per heavy atom. The van der Waals surface area contributed by atoms with E-state index in [-0.39, 0.29) is 11.5 Å². The average Bonchev–Trinajstić information content (AvgIpc) is 2.76. The van der Waals surface area contributed by atoms with Gasteiger partial charge in [0.1, 0.15) is 18.3 Å². The molecule has 0 saturated carbocycles. The van der Waals surface area contributed by atoms with Crippen molar-refractivity contribution in [3.8, 4) is 0 Å². The van der Waals surface area contributed by atoms with Crippen molar-refractivity contribution >= 4 is 10.1 Å². The number of benzene rings is 2. The molecule has 162 valence electrons. The summed E-state index contributed by atoms with van der Waals surface area (Å²) in [5.74, 6) is 0. The van der Waals surface area contributed by atoms with Crippen LogP contribution >= 0.6 is 0 Å². The third kappa shape index (κ3) is 4.28. The van der Waals surface area contributed by atoms with E-state index in [1.807, 2.05) is 37.3 Å². The number of hydrogen-bond donors (Lipinski definition) is 1. The van der Waals surface area contributed by atoms with Crippen molar-refractivity contribution < 1.29 is 36.7 Å². The van der Waals surface area contributed by atoms with E-state index in [0.29, 0.717) is 0 Å². The average molecular weight is 436 g/mol. The van der Waals surface area contributed by atoms with Crippen LogP contribution in [0, 0.1) is 6.92 Å². The molecule has 0 aromatic heterocycles.